The molecule has 1 fully saturated rings. The van der Waals surface area contributed by atoms with Crippen LogP contribution < -0.4 is 5.32 Å². The van der Waals surface area contributed by atoms with Crippen LogP contribution in [0, 0.1) is 0 Å². The molecule has 2 aromatic rings. The number of hydrogen-bond donors (Lipinski definition) is 4. The second kappa shape index (κ2) is 10.8. The molecule has 0 bridgehead atoms. The van der Waals surface area contributed by atoms with Crippen molar-refractivity contribution < 1.29 is 29.6 Å². The molecule has 5 atom stereocenters. The van der Waals surface area contributed by atoms with E-state index in [1.807, 2.05) is 67.6 Å². The van der Waals surface area contributed by atoms with Gasteiger partial charge in [0, 0.05) is 12.8 Å². The molecule has 4 N–H and O–H groups in total. The summed E-state index contributed by atoms with van der Waals surface area (Å²) in [6.45, 7) is 1.55. The molecule has 1 unspecified atom stereocenters. The van der Waals surface area contributed by atoms with E-state index in [1.54, 1.807) is 0 Å². The van der Waals surface area contributed by atoms with Crippen molar-refractivity contribution in [2.24, 2.45) is 0 Å². The third-order valence-electron chi connectivity index (χ3n) is 5.45. The van der Waals surface area contributed by atoms with Crippen LogP contribution in [0.5, 0.6) is 0 Å². The van der Waals surface area contributed by atoms with Crippen LogP contribution in [-0.4, -0.2) is 58.0 Å². The molecule has 0 radical (unpaired) electrons. The molecule has 1 saturated heterocycles. The number of aliphatic hydroxyl groups is 3. The Morgan fingerprint density at radius 2 is 1.71 bits per heavy atom. The maximum atomic E-state index is 12.5. The zero-order chi connectivity index (χ0) is 22.3. The van der Waals surface area contributed by atoms with Crippen LogP contribution in [0.25, 0.3) is 0 Å². The van der Waals surface area contributed by atoms with E-state index in [0.717, 1.165) is 11.1 Å². The highest BCUT2D eigenvalue weighted by molar-refractivity contribution is 5.76. The molecular weight excluding hydrogens is 398 g/mol. The van der Waals surface area contributed by atoms with E-state index in [1.165, 1.54) is 0 Å². The van der Waals surface area contributed by atoms with Gasteiger partial charge in [-0.25, -0.2) is 0 Å². The summed E-state index contributed by atoms with van der Waals surface area (Å²) in [5.74, 6) is -2.15. The van der Waals surface area contributed by atoms with Gasteiger partial charge in [0.15, 0.2) is 5.79 Å². The lowest BCUT2D eigenvalue weighted by molar-refractivity contribution is -0.323. The molecule has 3 rings (SSSR count). The van der Waals surface area contributed by atoms with Gasteiger partial charge in [-0.05, 0) is 17.5 Å². The van der Waals surface area contributed by atoms with E-state index in [2.05, 4.69) is 5.32 Å². The first-order valence-electron chi connectivity index (χ1n) is 10.6. The largest absolute Gasteiger partial charge is 0.394 e. The molecule has 0 aromatic heterocycles. The summed E-state index contributed by atoms with van der Waals surface area (Å²) in [5.41, 5.74) is 1.67. The summed E-state index contributed by atoms with van der Waals surface area (Å²) in [6.07, 6.45) is -2.33. The molecular formula is C24H31NO6. The van der Waals surface area contributed by atoms with Crippen molar-refractivity contribution in [3.63, 3.8) is 0 Å². The minimum absolute atomic E-state index is 0.0549. The van der Waals surface area contributed by atoms with E-state index in [0.29, 0.717) is 6.42 Å². The number of rotatable bonds is 9. The van der Waals surface area contributed by atoms with Gasteiger partial charge >= 0.3 is 0 Å². The fraction of sp³-hybridized carbons (Fsp3) is 0.458. The number of carbonyl (C=O) groups is 1. The molecule has 1 aliphatic heterocycles. The number of aliphatic hydroxyl groups excluding tert-OH is 2. The average molecular weight is 430 g/mol. The van der Waals surface area contributed by atoms with Gasteiger partial charge in [0.05, 0.1) is 13.2 Å². The Balaban J connectivity index is 1.91. The molecule has 7 nitrogen and oxygen atoms in total. The molecule has 1 aliphatic rings. The molecule has 7 heteroatoms. The second-order valence-corrected chi connectivity index (χ2v) is 7.89. The standard InChI is InChI=1S/C24H31NO6/c1-2-9-20(27)25-23-22(30-16-18-12-7-4-8-13-18)21(28)19(15-26)31-24(23,29)14-17-10-5-3-6-11-17/h3-8,10-13,19,21-23,26,28-29H,2,9,14-16H2,1H3,(H,25,27)/t19-,21-,22+,23-,24?/m1/s1. The van der Waals surface area contributed by atoms with Crippen molar-refractivity contribution in [1.82, 2.24) is 5.32 Å². The second-order valence-electron chi connectivity index (χ2n) is 7.89. The monoisotopic (exact) mass is 429 g/mol. The van der Waals surface area contributed by atoms with Gasteiger partial charge in [-0.2, -0.15) is 0 Å². The lowest BCUT2D eigenvalue weighted by Gasteiger charge is -2.49. The van der Waals surface area contributed by atoms with E-state index in [4.69, 9.17) is 9.47 Å². The zero-order valence-electron chi connectivity index (χ0n) is 17.7. The average Bonchev–Trinajstić information content (AvgIpc) is 2.77. The third kappa shape index (κ3) is 5.90. The van der Waals surface area contributed by atoms with Crippen LogP contribution >= 0.6 is 0 Å². The highest BCUT2D eigenvalue weighted by Gasteiger charge is 2.54. The number of carbonyl (C=O) groups excluding carboxylic acids is 1. The summed E-state index contributed by atoms with van der Waals surface area (Å²) in [6, 6.07) is 17.6. The quantitative estimate of drug-likeness (QED) is 0.482. The van der Waals surface area contributed by atoms with Crippen molar-refractivity contribution in [1.29, 1.82) is 0 Å². The third-order valence-corrected chi connectivity index (χ3v) is 5.45. The summed E-state index contributed by atoms with van der Waals surface area (Å²) < 4.78 is 11.8. The number of ether oxygens (including phenoxy) is 2. The summed E-state index contributed by atoms with van der Waals surface area (Å²) in [5, 5.41) is 35.0. The van der Waals surface area contributed by atoms with Gasteiger partial charge in [-0.1, -0.05) is 67.6 Å². The first-order chi connectivity index (χ1) is 15.0. The minimum atomic E-state index is -1.88. The Morgan fingerprint density at radius 1 is 1.10 bits per heavy atom. The van der Waals surface area contributed by atoms with Crippen molar-refractivity contribution in [3.8, 4) is 0 Å². The Labute approximate surface area is 182 Å². The Kier molecular flexibility index (Phi) is 8.17. The maximum absolute atomic E-state index is 12.5. The van der Waals surface area contributed by atoms with Crippen molar-refractivity contribution in [2.75, 3.05) is 6.61 Å². The van der Waals surface area contributed by atoms with Gasteiger partial charge in [0.25, 0.3) is 0 Å². The Morgan fingerprint density at radius 3 is 2.29 bits per heavy atom. The number of amides is 1. The van der Waals surface area contributed by atoms with Crippen molar-refractivity contribution in [3.05, 3.63) is 71.8 Å². The fourth-order valence-corrected chi connectivity index (χ4v) is 3.88. The summed E-state index contributed by atoms with van der Waals surface area (Å²) in [7, 11) is 0. The van der Waals surface area contributed by atoms with Crippen LogP contribution in [0.3, 0.4) is 0 Å². The first kappa shape index (κ1) is 23.4. The predicted octanol–water partition coefficient (Wildman–Crippen LogP) is 1.54. The highest BCUT2D eigenvalue weighted by atomic mass is 16.7. The predicted molar refractivity (Wildman–Crippen MR) is 115 cm³/mol. The van der Waals surface area contributed by atoms with E-state index >= 15 is 0 Å². The van der Waals surface area contributed by atoms with Crippen LogP contribution in [0.15, 0.2) is 60.7 Å². The molecule has 0 saturated carbocycles. The normalized spacial score (nSPS) is 28.3. The summed E-state index contributed by atoms with van der Waals surface area (Å²) in [4.78, 5) is 12.5. The molecule has 2 aromatic carbocycles. The molecule has 1 heterocycles. The molecule has 31 heavy (non-hydrogen) atoms. The summed E-state index contributed by atoms with van der Waals surface area (Å²) >= 11 is 0. The Hall–Kier alpha value is -2.29. The zero-order valence-corrected chi connectivity index (χ0v) is 17.7. The van der Waals surface area contributed by atoms with Gasteiger partial charge in [-0.3, -0.25) is 4.79 Å². The van der Waals surface area contributed by atoms with E-state index < -0.39 is 36.7 Å². The van der Waals surface area contributed by atoms with Crippen LogP contribution in [-0.2, 0) is 27.3 Å². The molecule has 1 amide bonds. The first-order valence-corrected chi connectivity index (χ1v) is 10.6. The maximum Gasteiger partial charge on any atom is 0.220 e. The van der Waals surface area contributed by atoms with E-state index in [-0.39, 0.29) is 25.4 Å². The van der Waals surface area contributed by atoms with Crippen LogP contribution in [0.1, 0.15) is 30.9 Å². The molecule has 168 valence electrons. The lowest BCUT2D eigenvalue weighted by Crippen LogP contribution is -2.71. The minimum Gasteiger partial charge on any atom is -0.394 e. The van der Waals surface area contributed by atoms with E-state index in [9.17, 15) is 20.1 Å². The van der Waals surface area contributed by atoms with Crippen molar-refractivity contribution >= 4 is 5.91 Å². The molecule has 0 spiro atoms. The van der Waals surface area contributed by atoms with Gasteiger partial charge < -0.3 is 30.1 Å². The SMILES string of the molecule is CCCC(=O)N[C@@H]1[C@@H](OCc2ccccc2)[C@H](O)[C@@H](CO)OC1(O)Cc1ccccc1. The van der Waals surface area contributed by atoms with Gasteiger partial charge in [0.2, 0.25) is 5.91 Å². The number of hydrogen-bond acceptors (Lipinski definition) is 6. The Bertz CT molecular complexity index is 817. The topological polar surface area (TPSA) is 108 Å². The number of nitrogens with one attached hydrogen (secondary N) is 1. The number of benzene rings is 2. The van der Waals surface area contributed by atoms with Crippen LogP contribution in [0.2, 0.25) is 0 Å². The highest BCUT2D eigenvalue weighted by Crippen LogP contribution is 2.33. The van der Waals surface area contributed by atoms with Gasteiger partial charge in [0.1, 0.15) is 24.4 Å². The lowest BCUT2D eigenvalue weighted by atomic mass is 9.86. The smallest absolute Gasteiger partial charge is 0.220 e. The van der Waals surface area contributed by atoms with Crippen LogP contribution in [0.4, 0.5) is 0 Å². The van der Waals surface area contributed by atoms with Crippen molar-refractivity contribution in [2.45, 2.75) is 62.9 Å². The molecule has 0 aliphatic carbocycles. The van der Waals surface area contributed by atoms with Gasteiger partial charge in [-0.15, -0.1) is 0 Å². The fourth-order valence-electron chi connectivity index (χ4n) is 3.88.